The summed E-state index contributed by atoms with van der Waals surface area (Å²) in [6.07, 6.45) is 0.812. The molecule has 4 nitrogen and oxygen atoms in total. The maximum atomic E-state index is 11.2. The molecule has 0 amide bonds. The second-order valence-electron chi connectivity index (χ2n) is 4.37. The summed E-state index contributed by atoms with van der Waals surface area (Å²) in [4.78, 5) is 0.945. The highest BCUT2D eigenvalue weighted by Gasteiger charge is 2.23. The van der Waals surface area contributed by atoms with Crippen LogP contribution >= 0.6 is 11.3 Å². The fourth-order valence-corrected chi connectivity index (χ4v) is 4.16. The lowest BCUT2D eigenvalue weighted by Crippen LogP contribution is -2.39. The van der Waals surface area contributed by atoms with Gasteiger partial charge in [-0.1, -0.05) is 6.07 Å². The molecule has 1 aliphatic heterocycles. The van der Waals surface area contributed by atoms with Crippen LogP contribution < -0.4 is 5.32 Å². The zero-order valence-electron chi connectivity index (χ0n) is 9.50. The van der Waals surface area contributed by atoms with Gasteiger partial charge in [-0.3, -0.25) is 0 Å². The number of hydrogen-bond donors (Lipinski definition) is 2. The van der Waals surface area contributed by atoms with E-state index < -0.39 is 15.9 Å². The molecule has 1 unspecified atom stereocenters. The van der Waals surface area contributed by atoms with E-state index in [1.54, 1.807) is 0 Å². The second kappa shape index (κ2) is 5.48. The molecule has 0 saturated carbocycles. The predicted octanol–water partition coefficient (Wildman–Crippen LogP) is 0.948. The molecule has 1 fully saturated rings. The van der Waals surface area contributed by atoms with Crippen molar-refractivity contribution in [3.63, 3.8) is 0 Å². The third kappa shape index (κ3) is 3.77. The summed E-state index contributed by atoms with van der Waals surface area (Å²) in [7, 11) is -2.80. The van der Waals surface area contributed by atoms with Crippen LogP contribution in [0.25, 0.3) is 0 Å². The van der Waals surface area contributed by atoms with E-state index in [4.69, 9.17) is 0 Å². The number of thiophene rings is 1. The van der Waals surface area contributed by atoms with Crippen molar-refractivity contribution in [3.05, 3.63) is 22.4 Å². The van der Waals surface area contributed by atoms with Crippen LogP contribution in [-0.4, -0.2) is 37.6 Å². The highest BCUT2D eigenvalue weighted by molar-refractivity contribution is 7.91. The molecule has 0 spiro atoms. The summed E-state index contributed by atoms with van der Waals surface area (Å²) in [6.45, 7) is 0.491. The minimum Gasteiger partial charge on any atom is -0.386 e. The van der Waals surface area contributed by atoms with E-state index in [0.29, 0.717) is 19.4 Å². The minimum atomic E-state index is -2.80. The monoisotopic (exact) mass is 275 g/mol. The SMILES string of the molecule is O=S1(=O)CCC(NCC(O)c2cccs2)CC1. The minimum absolute atomic E-state index is 0.216. The number of hydrogen-bond acceptors (Lipinski definition) is 5. The molecular formula is C11H17NO3S2. The van der Waals surface area contributed by atoms with Gasteiger partial charge in [0.25, 0.3) is 0 Å². The number of aliphatic hydroxyl groups is 1. The average molecular weight is 275 g/mol. The first kappa shape index (κ1) is 13.0. The summed E-state index contributed by atoms with van der Waals surface area (Å²) in [5.41, 5.74) is 0. The van der Waals surface area contributed by atoms with Crippen LogP contribution in [0.15, 0.2) is 17.5 Å². The zero-order valence-corrected chi connectivity index (χ0v) is 11.1. The van der Waals surface area contributed by atoms with Crippen LogP contribution in [0.5, 0.6) is 0 Å². The van der Waals surface area contributed by atoms with Gasteiger partial charge in [-0.15, -0.1) is 11.3 Å². The molecule has 0 bridgehead atoms. The standard InChI is InChI=1S/C11H17NO3S2/c13-10(11-2-1-5-16-11)8-12-9-3-6-17(14,15)7-4-9/h1-2,5,9-10,12-13H,3-4,6-8H2. The molecule has 1 atom stereocenters. The summed E-state index contributed by atoms with van der Waals surface area (Å²) in [5, 5.41) is 15.0. The van der Waals surface area contributed by atoms with E-state index in [2.05, 4.69) is 5.32 Å². The maximum absolute atomic E-state index is 11.2. The fourth-order valence-electron chi connectivity index (χ4n) is 1.95. The van der Waals surface area contributed by atoms with Crippen molar-refractivity contribution in [1.29, 1.82) is 0 Å². The third-order valence-corrected chi connectivity index (χ3v) is 5.72. The summed E-state index contributed by atoms with van der Waals surface area (Å²) in [5.74, 6) is 0.527. The van der Waals surface area contributed by atoms with Gasteiger partial charge in [0.2, 0.25) is 0 Å². The molecule has 1 aromatic rings. The number of sulfone groups is 1. The molecule has 2 rings (SSSR count). The van der Waals surface area contributed by atoms with E-state index >= 15 is 0 Å². The van der Waals surface area contributed by atoms with Crippen molar-refractivity contribution in [2.24, 2.45) is 0 Å². The van der Waals surface area contributed by atoms with E-state index in [0.717, 1.165) is 4.88 Å². The van der Waals surface area contributed by atoms with Gasteiger partial charge in [-0.05, 0) is 24.3 Å². The molecule has 1 saturated heterocycles. The Morgan fingerprint density at radius 2 is 2.18 bits per heavy atom. The Hall–Kier alpha value is -0.430. The Morgan fingerprint density at radius 3 is 2.76 bits per heavy atom. The van der Waals surface area contributed by atoms with Gasteiger partial charge < -0.3 is 10.4 Å². The van der Waals surface area contributed by atoms with Gasteiger partial charge in [0.05, 0.1) is 11.5 Å². The first-order valence-corrected chi connectivity index (χ1v) is 8.42. The van der Waals surface area contributed by atoms with E-state index in [1.165, 1.54) is 11.3 Å². The molecule has 0 aliphatic carbocycles. The van der Waals surface area contributed by atoms with Crippen molar-refractivity contribution in [3.8, 4) is 0 Å². The molecule has 2 heterocycles. The molecule has 1 aromatic heterocycles. The Balaban J connectivity index is 1.76. The highest BCUT2D eigenvalue weighted by atomic mass is 32.2. The van der Waals surface area contributed by atoms with E-state index in [-0.39, 0.29) is 17.5 Å². The van der Waals surface area contributed by atoms with Crippen LogP contribution in [0, 0.1) is 0 Å². The fraction of sp³-hybridized carbons (Fsp3) is 0.636. The summed E-state index contributed by atoms with van der Waals surface area (Å²) in [6, 6.07) is 4.03. The normalized spacial score (nSPS) is 22.4. The predicted molar refractivity (Wildman–Crippen MR) is 69.0 cm³/mol. The molecule has 17 heavy (non-hydrogen) atoms. The van der Waals surface area contributed by atoms with Crippen LogP contribution in [-0.2, 0) is 9.84 Å². The van der Waals surface area contributed by atoms with Gasteiger partial charge in [-0.25, -0.2) is 8.42 Å². The van der Waals surface area contributed by atoms with Gasteiger partial charge in [0, 0.05) is 17.5 Å². The van der Waals surface area contributed by atoms with Gasteiger partial charge in [0.15, 0.2) is 0 Å². The van der Waals surface area contributed by atoms with Gasteiger partial charge in [0.1, 0.15) is 15.9 Å². The van der Waals surface area contributed by atoms with Gasteiger partial charge in [-0.2, -0.15) is 0 Å². The maximum Gasteiger partial charge on any atom is 0.150 e. The van der Waals surface area contributed by atoms with Crippen molar-refractivity contribution < 1.29 is 13.5 Å². The van der Waals surface area contributed by atoms with Crippen molar-refractivity contribution in [2.75, 3.05) is 18.1 Å². The Labute approximate surface area is 106 Å². The van der Waals surface area contributed by atoms with E-state index in [1.807, 2.05) is 17.5 Å². The summed E-state index contributed by atoms with van der Waals surface area (Å²) < 4.78 is 22.5. The largest absolute Gasteiger partial charge is 0.386 e. The molecule has 0 aromatic carbocycles. The molecule has 6 heteroatoms. The van der Waals surface area contributed by atoms with Crippen LogP contribution in [0.2, 0.25) is 0 Å². The third-order valence-electron chi connectivity index (χ3n) is 3.03. The molecule has 0 radical (unpaired) electrons. The summed E-state index contributed by atoms with van der Waals surface area (Å²) >= 11 is 1.53. The lowest BCUT2D eigenvalue weighted by Gasteiger charge is -2.24. The lowest BCUT2D eigenvalue weighted by molar-refractivity contribution is 0.172. The van der Waals surface area contributed by atoms with E-state index in [9.17, 15) is 13.5 Å². The highest BCUT2D eigenvalue weighted by Crippen LogP contribution is 2.19. The molecule has 96 valence electrons. The first-order chi connectivity index (χ1) is 8.07. The number of rotatable bonds is 4. The average Bonchev–Trinajstić information content (AvgIpc) is 2.80. The smallest absolute Gasteiger partial charge is 0.150 e. The first-order valence-electron chi connectivity index (χ1n) is 5.72. The van der Waals surface area contributed by atoms with Crippen molar-refractivity contribution in [1.82, 2.24) is 5.32 Å². The Bertz CT molecular complexity index is 427. The Kier molecular flexibility index (Phi) is 4.19. The molecule has 1 aliphatic rings. The lowest BCUT2D eigenvalue weighted by atomic mass is 10.1. The zero-order chi connectivity index (χ0) is 12.3. The topological polar surface area (TPSA) is 66.4 Å². The van der Waals surface area contributed by atoms with Crippen LogP contribution in [0.1, 0.15) is 23.8 Å². The van der Waals surface area contributed by atoms with Crippen molar-refractivity contribution in [2.45, 2.75) is 25.0 Å². The Morgan fingerprint density at radius 1 is 1.47 bits per heavy atom. The van der Waals surface area contributed by atoms with Crippen molar-refractivity contribution >= 4 is 21.2 Å². The quantitative estimate of drug-likeness (QED) is 0.858. The second-order valence-corrected chi connectivity index (χ2v) is 7.65. The molecular weight excluding hydrogens is 258 g/mol. The number of aliphatic hydroxyl groups excluding tert-OH is 1. The van der Waals surface area contributed by atoms with Gasteiger partial charge >= 0.3 is 0 Å². The molecule has 2 N–H and O–H groups in total. The van der Waals surface area contributed by atoms with Crippen LogP contribution in [0.4, 0.5) is 0 Å². The van der Waals surface area contributed by atoms with Crippen LogP contribution in [0.3, 0.4) is 0 Å². The number of nitrogens with one attached hydrogen (secondary N) is 1.